The van der Waals surface area contributed by atoms with Gasteiger partial charge < -0.3 is 16.4 Å². The minimum absolute atomic E-state index is 0.544. The van der Waals surface area contributed by atoms with E-state index in [4.69, 9.17) is 11.5 Å². The highest BCUT2D eigenvalue weighted by Gasteiger charge is 2.56. The van der Waals surface area contributed by atoms with E-state index in [-0.39, 0.29) is 0 Å². The Labute approximate surface area is 315 Å². The zero-order valence-electron chi connectivity index (χ0n) is 32.3. The van der Waals surface area contributed by atoms with Crippen LogP contribution in [0.5, 0.6) is 0 Å². The van der Waals surface area contributed by atoms with E-state index in [1.54, 1.807) is 33.8 Å². The molecule has 0 aromatic rings. The van der Waals surface area contributed by atoms with E-state index in [2.05, 4.69) is 91.7 Å². The highest BCUT2D eigenvalue weighted by molar-refractivity contribution is 5.45. The Bertz CT molecular complexity index is 1640. The maximum Gasteiger partial charge on any atom is 0.0269 e. The maximum atomic E-state index is 6.30. The van der Waals surface area contributed by atoms with Crippen LogP contribution in [0.1, 0.15) is 104 Å². The summed E-state index contributed by atoms with van der Waals surface area (Å²) in [6.45, 7) is 6.56. The average Bonchev–Trinajstić information content (AvgIpc) is 3.85. The van der Waals surface area contributed by atoms with E-state index in [1.165, 1.54) is 89.9 Å². The van der Waals surface area contributed by atoms with Crippen molar-refractivity contribution in [1.29, 1.82) is 0 Å². The zero-order valence-corrected chi connectivity index (χ0v) is 32.3. The predicted octanol–water partition coefficient (Wildman–Crippen LogP) is 10.9. The van der Waals surface area contributed by atoms with Crippen molar-refractivity contribution in [2.45, 2.75) is 104 Å². The van der Waals surface area contributed by atoms with Gasteiger partial charge in [-0.15, -0.1) is 0 Å². The number of hydrogen-bond donors (Lipinski definition) is 2. The van der Waals surface area contributed by atoms with Gasteiger partial charge in [-0.05, 0) is 186 Å². The van der Waals surface area contributed by atoms with Crippen molar-refractivity contribution in [2.75, 3.05) is 13.1 Å². The standard InChI is InChI=1S/C49H67N3/c1-31(41-17-8-6-11-38(41)29-50)33-13-10-14-35(25-33)36-20-22-43-44-23-21-37(28-48(44)52(47(43)27-36)40-15-4-3-5-16-40)49-45-24-19-34(26-46(45)49)32(2)42-18-9-7-12-39(42)30-51/h8-10,14-15,17-20,24,27-28,31,33-35,37-39,41,43-46,49H,3-7,11-13,16,21-23,25-26,29-30,50-51H2,1-2H3/b42-32+. The van der Waals surface area contributed by atoms with Gasteiger partial charge in [0.05, 0.1) is 0 Å². The Morgan fingerprint density at radius 3 is 2.60 bits per heavy atom. The molecule has 1 saturated heterocycles. The van der Waals surface area contributed by atoms with E-state index in [9.17, 15) is 0 Å². The second kappa shape index (κ2) is 14.9. The topological polar surface area (TPSA) is 55.3 Å². The number of hydrogen-bond acceptors (Lipinski definition) is 3. The first-order chi connectivity index (χ1) is 25.5. The van der Waals surface area contributed by atoms with E-state index in [0.717, 1.165) is 42.7 Å². The lowest BCUT2D eigenvalue weighted by atomic mass is 9.67. The smallest absolute Gasteiger partial charge is 0.0269 e. The van der Waals surface area contributed by atoms with Crippen LogP contribution in [0.25, 0.3) is 0 Å². The van der Waals surface area contributed by atoms with Gasteiger partial charge in [0.1, 0.15) is 0 Å². The highest BCUT2D eigenvalue weighted by Crippen LogP contribution is 2.63. The van der Waals surface area contributed by atoms with Crippen molar-refractivity contribution in [2.24, 2.45) is 88.4 Å². The molecule has 2 fully saturated rings. The third-order valence-electron chi connectivity index (χ3n) is 16.1. The lowest BCUT2D eigenvalue weighted by Crippen LogP contribution is -2.33. The van der Waals surface area contributed by atoms with Gasteiger partial charge in [-0.1, -0.05) is 79.3 Å². The summed E-state index contributed by atoms with van der Waals surface area (Å²) >= 11 is 0. The third-order valence-corrected chi connectivity index (χ3v) is 16.1. The van der Waals surface area contributed by atoms with Gasteiger partial charge >= 0.3 is 0 Å². The lowest BCUT2D eigenvalue weighted by molar-refractivity contribution is 0.187. The Morgan fingerprint density at radius 2 is 1.75 bits per heavy atom. The molecule has 4 N–H and O–H groups in total. The largest absolute Gasteiger partial charge is 0.330 e. The normalized spacial score (nSPS) is 42.3. The van der Waals surface area contributed by atoms with Crippen LogP contribution in [0.3, 0.4) is 0 Å². The number of nitrogens with two attached hydrogens (primary N) is 2. The van der Waals surface area contributed by atoms with Crippen molar-refractivity contribution in [3.05, 3.63) is 107 Å². The van der Waals surface area contributed by atoms with Crippen LogP contribution in [0, 0.1) is 76.9 Å². The molecule has 278 valence electrons. The molecule has 1 saturated carbocycles. The Balaban J connectivity index is 0.943. The first-order valence-corrected chi connectivity index (χ1v) is 22.0. The number of likely N-dealkylation sites (tertiary alicyclic amines) is 1. The summed E-state index contributed by atoms with van der Waals surface area (Å²) in [6, 6.07) is 0. The van der Waals surface area contributed by atoms with E-state index < -0.39 is 0 Å². The fourth-order valence-corrected chi connectivity index (χ4v) is 13.0. The molecule has 0 amide bonds. The van der Waals surface area contributed by atoms with E-state index in [1.807, 2.05) is 0 Å². The fourth-order valence-electron chi connectivity index (χ4n) is 13.0. The summed E-state index contributed by atoms with van der Waals surface area (Å²) < 4.78 is 0. The molecule has 13 unspecified atom stereocenters. The molecule has 52 heavy (non-hydrogen) atoms. The van der Waals surface area contributed by atoms with Crippen molar-refractivity contribution < 1.29 is 0 Å². The second-order valence-electron chi connectivity index (χ2n) is 18.6. The van der Waals surface area contributed by atoms with Gasteiger partial charge in [-0.3, -0.25) is 0 Å². The van der Waals surface area contributed by atoms with Crippen molar-refractivity contribution in [3.63, 3.8) is 0 Å². The van der Waals surface area contributed by atoms with E-state index in [0.29, 0.717) is 47.3 Å². The van der Waals surface area contributed by atoms with E-state index >= 15 is 0 Å². The van der Waals surface area contributed by atoms with Gasteiger partial charge in [-0.25, -0.2) is 0 Å². The number of rotatable bonds is 8. The fraction of sp³-hybridized carbons (Fsp3) is 0.633. The quantitative estimate of drug-likeness (QED) is 0.248. The average molecular weight is 698 g/mol. The summed E-state index contributed by atoms with van der Waals surface area (Å²) in [7, 11) is 0. The van der Waals surface area contributed by atoms with Gasteiger partial charge in [-0.2, -0.15) is 0 Å². The third kappa shape index (κ3) is 6.38. The maximum absolute atomic E-state index is 6.30. The zero-order chi connectivity index (χ0) is 35.3. The van der Waals surface area contributed by atoms with Gasteiger partial charge in [0.25, 0.3) is 0 Å². The Morgan fingerprint density at radius 1 is 0.846 bits per heavy atom. The summed E-state index contributed by atoms with van der Waals surface area (Å²) in [4.78, 5) is 2.86. The number of fused-ring (bicyclic) bond motifs is 4. The Hall–Kier alpha value is -2.62. The molecule has 9 aliphatic rings. The summed E-state index contributed by atoms with van der Waals surface area (Å²) in [6.07, 6.45) is 48.7. The van der Waals surface area contributed by atoms with Crippen molar-refractivity contribution in [1.82, 2.24) is 4.90 Å². The molecular weight excluding hydrogens is 631 g/mol. The van der Waals surface area contributed by atoms with Crippen LogP contribution < -0.4 is 11.5 Å². The summed E-state index contributed by atoms with van der Waals surface area (Å²) in [5.41, 5.74) is 22.2. The monoisotopic (exact) mass is 698 g/mol. The molecule has 0 aromatic heterocycles. The lowest BCUT2D eigenvalue weighted by Gasteiger charge is -2.39. The van der Waals surface area contributed by atoms with Gasteiger partial charge in [0, 0.05) is 34.8 Å². The highest BCUT2D eigenvalue weighted by atomic mass is 15.2. The molecule has 1 heterocycles. The molecule has 9 rings (SSSR count). The number of allylic oxidation sites excluding steroid dienone is 17. The van der Waals surface area contributed by atoms with Crippen LogP contribution in [0.15, 0.2) is 107 Å². The molecule has 0 radical (unpaired) electrons. The molecule has 8 aliphatic carbocycles. The summed E-state index contributed by atoms with van der Waals surface area (Å²) in [5.74, 6) is 8.92. The molecule has 0 spiro atoms. The number of nitrogens with zero attached hydrogens (tertiary/aromatic N) is 1. The van der Waals surface area contributed by atoms with Crippen molar-refractivity contribution in [3.8, 4) is 0 Å². The van der Waals surface area contributed by atoms with Crippen LogP contribution in [0.2, 0.25) is 0 Å². The first kappa shape index (κ1) is 35.1. The molecule has 0 bridgehead atoms. The molecule has 1 aliphatic heterocycles. The first-order valence-electron chi connectivity index (χ1n) is 22.0. The second-order valence-corrected chi connectivity index (χ2v) is 18.6. The van der Waals surface area contributed by atoms with Crippen LogP contribution in [-0.2, 0) is 0 Å². The van der Waals surface area contributed by atoms with Crippen LogP contribution >= 0.6 is 0 Å². The minimum atomic E-state index is 0.544. The predicted molar refractivity (Wildman–Crippen MR) is 217 cm³/mol. The molecule has 3 nitrogen and oxygen atoms in total. The molecule has 0 aromatic carbocycles. The van der Waals surface area contributed by atoms with Crippen LogP contribution in [0.4, 0.5) is 0 Å². The van der Waals surface area contributed by atoms with Crippen molar-refractivity contribution >= 4 is 0 Å². The SMILES string of the molecule is C/C(=C1/C=CCCC1CN)C1C=CC2C(C1)C2C1C=C2C(CC1)C1CC=C(C3C=CCC(C(C)C4C=CCCC4CN)C3)C=C1N2C1=CCCCC1. The summed E-state index contributed by atoms with van der Waals surface area (Å²) in [5, 5.41) is 0. The Kier molecular flexibility index (Phi) is 10.1. The molecular formula is C49H67N3. The van der Waals surface area contributed by atoms with Crippen LogP contribution in [-0.4, -0.2) is 18.0 Å². The minimum Gasteiger partial charge on any atom is -0.330 e. The molecule has 13 atom stereocenters. The van der Waals surface area contributed by atoms with Gasteiger partial charge in [0.15, 0.2) is 0 Å². The van der Waals surface area contributed by atoms with Gasteiger partial charge in [0.2, 0.25) is 0 Å². The molecule has 3 heteroatoms.